The number of nitrogens with one attached hydrogen (secondary N) is 1. The van der Waals surface area contributed by atoms with Crippen molar-refractivity contribution < 1.29 is 4.48 Å². The smallest absolute Gasteiger partial charge is 0.253 e. The molecule has 140 valence electrons. The molecule has 2 heterocycles. The number of nitrogens with zero attached hydrogens (tertiary/aromatic N) is 2. The molecule has 1 saturated heterocycles. The number of anilines is 1. The van der Waals surface area contributed by atoms with E-state index in [1.54, 1.807) is 23.4 Å². The van der Waals surface area contributed by atoms with Gasteiger partial charge in [-0.3, -0.25) is 4.79 Å². The van der Waals surface area contributed by atoms with E-state index in [1.807, 2.05) is 19.2 Å². The van der Waals surface area contributed by atoms with Crippen LogP contribution >= 0.6 is 11.8 Å². The van der Waals surface area contributed by atoms with Gasteiger partial charge >= 0.3 is 0 Å². The third-order valence-corrected chi connectivity index (χ3v) is 5.65. The number of pyridine rings is 1. The Morgan fingerprint density at radius 3 is 2.65 bits per heavy atom. The first-order valence-corrected chi connectivity index (χ1v) is 10.1. The zero-order valence-electron chi connectivity index (χ0n) is 15.6. The molecule has 6 heteroatoms. The highest BCUT2D eigenvalue weighted by Gasteiger charge is 2.20. The van der Waals surface area contributed by atoms with Crippen LogP contribution in [0, 0.1) is 6.92 Å². The minimum Gasteiger partial charge on any atom is -0.382 e. The second kappa shape index (κ2) is 8.27. The first kappa shape index (κ1) is 19.0. The number of aryl methyl sites for hydroxylation is 2. The lowest BCUT2D eigenvalue weighted by atomic mass is 10.0. The molecule has 1 aromatic heterocycles. The molecule has 0 saturated carbocycles. The summed E-state index contributed by atoms with van der Waals surface area (Å²) in [5, 5.41) is 4.49. The average molecular weight is 376 g/mol. The molecule has 2 aromatic rings. The number of hydrogen-bond donors (Lipinski definition) is 1. The molecule has 4 nitrogen and oxygen atoms in total. The Labute approximate surface area is 158 Å². The Balaban J connectivity index is 1.98. The summed E-state index contributed by atoms with van der Waals surface area (Å²) in [6, 6.07) is 8.63. The normalized spacial score (nSPS) is 16.0. The fraction of sp³-hybridized carbons (Fsp3) is 0.450. The van der Waals surface area contributed by atoms with E-state index >= 15 is 0 Å². The second-order valence-corrected chi connectivity index (χ2v) is 8.13. The monoisotopic (exact) mass is 375 g/mol. The number of rotatable bonds is 5. The van der Waals surface area contributed by atoms with Crippen LogP contribution in [0.5, 0.6) is 0 Å². The predicted octanol–water partition coefficient (Wildman–Crippen LogP) is 4.23. The van der Waals surface area contributed by atoms with Gasteiger partial charge in [0.2, 0.25) is 0 Å². The van der Waals surface area contributed by atoms with Gasteiger partial charge in [-0.1, -0.05) is 6.92 Å². The van der Waals surface area contributed by atoms with Gasteiger partial charge in [0.25, 0.3) is 5.56 Å². The van der Waals surface area contributed by atoms with Crippen LogP contribution in [0.2, 0.25) is 0 Å². The van der Waals surface area contributed by atoms with Crippen molar-refractivity contribution in [3.8, 4) is 11.1 Å². The Bertz CT molecular complexity index is 802. The predicted molar refractivity (Wildman–Crippen MR) is 108 cm³/mol. The van der Waals surface area contributed by atoms with Crippen molar-refractivity contribution in [2.45, 2.75) is 37.6 Å². The van der Waals surface area contributed by atoms with E-state index in [0.29, 0.717) is 13.1 Å². The molecule has 1 N–H and O–H groups in total. The van der Waals surface area contributed by atoms with Crippen molar-refractivity contribution in [2.75, 3.05) is 24.2 Å². The maximum atomic E-state index is 13.3. The number of benzene rings is 1. The van der Waals surface area contributed by atoms with Crippen LogP contribution in [0.4, 0.5) is 10.2 Å². The lowest BCUT2D eigenvalue weighted by Crippen LogP contribution is -2.34. The molecule has 0 amide bonds. The Kier molecular flexibility index (Phi) is 6.04. The van der Waals surface area contributed by atoms with Gasteiger partial charge < -0.3 is 9.88 Å². The highest BCUT2D eigenvalue weighted by atomic mass is 32.2. The van der Waals surface area contributed by atoms with Gasteiger partial charge in [-0.05, 0) is 49.8 Å². The maximum absolute atomic E-state index is 13.3. The van der Waals surface area contributed by atoms with Crippen molar-refractivity contribution in [1.82, 2.24) is 9.69 Å². The lowest BCUT2D eigenvalue weighted by molar-refractivity contribution is 0.00334. The lowest BCUT2D eigenvalue weighted by Gasteiger charge is -2.28. The van der Waals surface area contributed by atoms with Crippen LogP contribution in [0.1, 0.15) is 25.3 Å². The SMILES string of the molecule is CCSc1ccc(NC2CCN(F)CC2)c(-c2cc(C)c(=O)n(C)c2)c1. The summed E-state index contributed by atoms with van der Waals surface area (Å²) in [5.41, 5.74) is 3.91. The summed E-state index contributed by atoms with van der Waals surface area (Å²) in [5.74, 6) is 1.01. The zero-order chi connectivity index (χ0) is 18.7. The topological polar surface area (TPSA) is 37.3 Å². The molecule has 3 rings (SSSR count). The first-order valence-electron chi connectivity index (χ1n) is 9.09. The number of hydrogen-bond acceptors (Lipinski definition) is 4. The number of halogens is 1. The van der Waals surface area contributed by atoms with Gasteiger partial charge in [0.1, 0.15) is 0 Å². The average Bonchev–Trinajstić information content (AvgIpc) is 2.62. The van der Waals surface area contributed by atoms with Crippen LogP contribution < -0.4 is 10.9 Å². The molecule has 0 atom stereocenters. The molecule has 0 radical (unpaired) electrons. The molecule has 0 spiro atoms. The van der Waals surface area contributed by atoms with Gasteiger partial charge in [0.05, 0.1) is 0 Å². The highest BCUT2D eigenvalue weighted by Crippen LogP contribution is 2.33. The number of aromatic nitrogens is 1. The minimum atomic E-state index is 0.0256. The third-order valence-electron chi connectivity index (χ3n) is 4.78. The molecule has 1 aliphatic heterocycles. The number of piperidine rings is 1. The summed E-state index contributed by atoms with van der Waals surface area (Å²) in [7, 11) is 1.79. The first-order chi connectivity index (χ1) is 12.5. The molecule has 0 bridgehead atoms. The van der Waals surface area contributed by atoms with Crippen LogP contribution in [-0.4, -0.2) is 34.6 Å². The minimum absolute atomic E-state index is 0.0256. The van der Waals surface area contributed by atoms with E-state index in [2.05, 4.69) is 30.4 Å². The third kappa shape index (κ3) is 4.30. The van der Waals surface area contributed by atoms with Crippen LogP contribution in [0.15, 0.2) is 40.2 Å². The van der Waals surface area contributed by atoms with E-state index in [4.69, 9.17) is 0 Å². The quantitative estimate of drug-likeness (QED) is 0.627. The highest BCUT2D eigenvalue weighted by molar-refractivity contribution is 7.99. The molecule has 1 aromatic carbocycles. The van der Waals surface area contributed by atoms with Gasteiger partial charge in [0.15, 0.2) is 0 Å². The second-order valence-electron chi connectivity index (χ2n) is 6.80. The van der Waals surface area contributed by atoms with Crippen LogP contribution in [0.25, 0.3) is 11.1 Å². The molecule has 1 fully saturated rings. The van der Waals surface area contributed by atoms with Crippen molar-refractivity contribution in [1.29, 1.82) is 0 Å². The number of thioether (sulfide) groups is 1. The maximum Gasteiger partial charge on any atom is 0.253 e. The summed E-state index contributed by atoms with van der Waals surface area (Å²) >= 11 is 1.80. The molecule has 0 aliphatic carbocycles. The molecular weight excluding hydrogens is 349 g/mol. The van der Waals surface area contributed by atoms with Gasteiger partial charge in [-0.2, -0.15) is 0 Å². The van der Waals surface area contributed by atoms with E-state index < -0.39 is 0 Å². The van der Waals surface area contributed by atoms with Crippen molar-refractivity contribution in [2.24, 2.45) is 7.05 Å². The van der Waals surface area contributed by atoms with Gasteiger partial charge in [-0.25, -0.2) is 0 Å². The summed E-state index contributed by atoms with van der Waals surface area (Å²) in [6.07, 6.45) is 3.46. The molecule has 0 unspecified atom stereocenters. The summed E-state index contributed by atoms with van der Waals surface area (Å²) in [4.78, 5) is 13.3. The van der Waals surface area contributed by atoms with Crippen LogP contribution in [0.3, 0.4) is 0 Å². The Hall–Kier alpha value is -1.79. The Morgan fingerprint density at radius 1 is 1.27 bits per heavy atom. The molecule has 26 heavy (non-hydrogen) atoms. The van der Waals surface area contributed by atoms with Gasteiger partial charge in [0, 0.05) is 59.6 Å². The van der Waals surface area contributed by atoms with Crippen molar-refractivity contribution in [3.63, 3.8) is 0 Å². The van der Waals surface area contributed by atoms with Crippen molar-refractivity contribution in [3.05, 3.63) is 46.4 Å². The standard InChI is InChI=1S/C20H26FN3OS/c1-4-26-17-5-6-19(22-16-7-9-24(21)10-8-16)18(12-17)15-11-14(2)20(25)23(3)13-15/h5-6,11-13,16,22H,4,7-10H2,1-3H3. The van der Waals surface area contributed by atoms with E-state index in [0.717, 1.165) is 46.1 Å². The Morgan fingerprint density at radius 2 is 2.00 bits per heavy atom. The molecule has 1 aliphatic rings. The fourth-order valence-corrected chi connectivity index (χ4v) is 4.08. The molecular formula is C20H26FN3OS. The van der Waals surface area contributed by atoms with Gasteiger partial charge in [-0.15, -0.1) is 21.4 Å². The van der Waals surface area contributed by atoms with E-state index in [-0.39, 0.29) is 11.6 Å². The summed E-state index contributed by atoms with van der Waals surface area (Å²) in [6.45, 7) is 4.92. The van der Waals surface area contributed by atoms with E-state index in [9.17, 15) is 9.28 Å². The largest absolute Gasteiger partial charge is 0.382 e. The fourth-order valence-electron chi connectivity index (χ4n) is 3.38. The van der Waals surface area contributed by atoms with Crippen molar-refractivity contribution >= 4 is 17.4 Å². The summed E-state index contributed by atoms with van der Waals surface area (Å²) < 4.78 is 14.9. The van der Waals surface area contributed by atoms with E-state index in [1.165, 1.54) is 4.90 Å². The van der Waals surface area contributed by atoms with Crippen LogP contribution in [-0.2, 0) is 7.05 Å². The zero-order valence-corrected chi connectivity index (χ0v) is 16.4.